The molecule has 2 saturated carbocycles. The van der Waals surface area contributed by atoms with Crippen LogP contribution in [0.2, 0.25) is 0 Å². The van der Waals surface area contributed by atoms with E-state index >= 15 is 0 Å². The van der Waals surface area contributed by atoms with E-state index in [1.807, 2.05) is 0 Å². The van der Waals surface area contributed by atoms with E-state index in [4.69, 9.17) is 4.74 Å². The van der Waals surface area contributed by atoms with Crippen molar-refractivity contribution in [2.45, 2.75) is 25.7 Å². The van der Waals surface area contributed by atoms with Crippen LogP contribution in [0.1, 0.15) is 25.7 Å². The SMILES string of the molecule is COCCNC(=O)CCNC(=O)C1CC2CC2C1. The van der Waals surface area contributed by atoms with Crippen LogP contribution in [-0.4, -0.2) is 38.6 Å². The molecule has 2 unspecified atom stereocenters. The number of hydrogen-bond acceptors (Lipinski definition) is 3. The molecular formula is C13H22N2O3. The van der Waals surface area contributed by atoms with Crippen molar-refractivity contribution in [1.82, 2.24) is 10.6 Å². The molecule has 2 fully saturated rings. The molecule has 0 bridgehead atoms. The van der Waals surface area contributed by atoms with Gasteiger partial charge in [-0.3, -0.25) is 9.59 Å². The maximum absolute atomic E-state index is 11.8. The van der Waals surface area contributed by atoms with Gasteiger partial charge >= 0.3 is 0 Å². The van der Waals surface area contributed by atoms with Crippen molar-refractivity contribution in [3.05, 3.63) is 0 Å². The molecule has 2 amide bonds. The predicted molar refractivity (Wildman–Crippen MR) is 66.8 cm³/mol. The number of carbonyl (C=O) groups is 2. The topological polar surface area (TPSA) is 67.4 Å². The molecule has 2 N–H and O–H groups in total. The van der Waals surface area contributed by atoms with Gasteiger partial charge in [-0.1, -0.05) is 0 Å². The average molecular weight is 254 g/mol. The Labute approximate surface area is 108 Å². The molecule has 0 aliphatic heterocycles. The smallest absolute Gasteiger partial charge is 0.223 e. The first-order chi connectivity index (χ1) is 8.70. The minimum Gasteiger partial charge on any atom is -0.383 e. The number of ether oxygens (including phenoxy) is 1. The van der Waals surface area contributed by atoms with Gasteiger partial charge < -0.3 is 15.4 Å². The van der Waals surface area contributed by atoms with E-state index in [-0.39, 0.29) is 17.7 Å². The Bertz CT molecular complexity index is 309. The van der Waals surface area contributed by atoms with Crippen LogP contribution in [0, 0.1) is 17.8 Å². The number of nitrogens with one attached hydrogen (secondary N) is 2. The molecule has 0 aromatic heterocycles. The molecule has 2 aliphatic rings. The highest BCUT2D eigenvalue weighted by Gasteiger charge is 2.47. The molecule has 0 aromatic carbocycles. The minimum atomic E-state index is -0.0402. The molecule has 0 saturated heterocycles. The van der Waals surface area contributed by atoms with Crippen molar-refractivity contribution in [2.75, 3.05) is 26.8 Å². The summed E-state index contributed by atoms with van der Waals surface area (Å²) in [7, 11) is 1.60. The van der Waals surface area contributed by atoms with Gasteiger partial charge in [-0.25, -0.2) is 0 Å². The third-order valence-electron chi connectivity index (χ3n) is 3.89. The molecule has 2 rings (SSSR count). The lowest BCUT2D eigenvalue weighted by Gasteiger charge is -2.12. The first-order valence-corrected chi connectivity index (χ1v) is 6.74. The Balaban J connectivity index is 1.52. The van der Waals surface area contributed by atoms with E-state index in [1.54, 1.807) is 7.11 Å². The Morgan fingerprint density at radius 1 is 1.11 bits per heavy atom. The van der Waals surface area contributed by atoms with Crippen molar-refractivity contribution >= 4 is 11.8 Å². The molecule has 0 heterocycles. The molecule has 5 nitrogen and oxygen atoms in total. The van der Waals surface area contributed by atoms with Crippen LogP contribution in [0.15, 0.2) is 0 Å². The molecular weight excluding hydrogens is 232 g/mol. The molecule has 5 heteroatoms. The molecule has 102 valence electrons. The highest BCUT2D eigenvalue weighted by Crippen LogP contribution is 2.54. The van der Waals surface area contributed by atoms with Crippen molar-refractivity contribution < 1.29 is 14.3 Å². The van der Waals surface area contributed by atoms with E-state index in [9.17, 15) is 9.59 Å². The zero-order valence-electron chi connectivity index (χ0n) is 10.9. The van der Waals surface area contributed by atoms with Gasteiger partial charge in [0.1, 0.15) is 0 Å². The fraction of sp³-hybridized carbons (Fsp3) is 0.846. The van der Waals surface area contributed by atoms with Crippen LogP contribution in [-0.2, 0) is 14.3 Å². The Kier molecular flexibility index (Phi) is 4.58. The molecule has 18 heavy (non-hydrogen) atoms. The van der Waals surface area contributed by atoms with E-state index < -0.39 is 0 Å². The number of hydrogen-bond donors (Lipinski definition) is 2. The summed E-state index contributed by atoms with van der Waals surface area (Å²) in [6, 6.07) is 0. The van der Waals surface area contributed by atoms with Crippen molar-refractivity contribution in [2.24, 2.45) is 17.8 Å². The molecule has 0 radical (unpaired) electrons. The van der Waals surface area contributed by atoms with Gasteiger partial charge in [0.2, 0.25) is 11.8 Å². The highest BCUT2D eigenvalue weighted by atomic mass is 16.5. The van der Waals surface area contributed by atoms with Crippen LogP contribution in [0.4, 0.5) is 0 Å². The summed E-state index contributed by atoms with van der Waals surface area (Å²) in [5.41, 5.74) is 0. The second-order valence-electron chi connectivity index (χ2n) is 5.31. The third kappa shape index (κ3) is 3.70. The quantitative estimate of drug-likeness (QED) is 0.642. The summed E-state index contributed by atoms with van der Waals surface area (Å²) < 4.78 is 4.83. The summed E-state index contributed by atoms with van der Waals surface area (Å²) in [5.74, 6) is 1.93. The molecule has 2 aliphatic carbocycles. The van der Waals surface area contributed by atoms with E-state index in [0.717, 1.165) is 24.7 Å². The fourth-order valence-corrected chi connectivity index (χ4v) is 2.75. The standard InChI is InChI=1S/C13H22N2O3/c1-18-5-4-14-12(16)2-3-15-13(17)11-7-9-6-10(9)8-11/h9-11H,2-8H2,1H3,(H,14,16)(H,15,17). The van der Waals surface area contributed by atoms with Gasteiger partial charge in [-0.2, -0.15) is 0 Å². The maximum atomic E-state index is 11.8. The first kappa shape index (κ1) is 13.3. The number of rotatable bonds is 7. The third-order valence-corrected chi connectivity index (χ3v) is 3.89. The summed E-state index contributed by atoms with van der Waals surface area (Å²) in [6.07, 6.45) is 3.77. The molecule has 2 atom stereocenters. The molecule has 0 spiro atoms. The van der Waals surface area contributed by atoms with Crippen LogP contribution < -0.4 is 10.6 Å². The first-order valence-electron chi connectivity index (χ1n) is 6.74. The summed E-state index contributed by atoms with van der Waals surface area (Å²) >= 11 is 0. The predicted octanol–water partition coefficient (Wildman–Crippen LogP) is 0.301. The van der Waals surface area contributed by atoms with Crippen LogP contribution in [0.3, 0.4) is 0 Å². The monoisotopic (exact) mass is 254 g/mol. The second-order valence-corrected chi connectivity index (χ2v) is 5.31. The van der Waals surface area contributed by atoms with Gasteiger partial charge in [0.05, 0.1) is 6.61 Å². The van der Waals surface area contributed by atoms with Crippen LogP contribution in [0.5, 0.6) is 0 Å². The maximum Gasteiger partial charge on any atom is 0.223 e. The summed E-state index contributed by atoms with van der Waals surface area (Å²) in [5, 5.41) is 5.58. The van der Waals surface area contributed by atoms with E-state index in [0.29, 0.717) is 26.1 Å². The van der Waals surface area contributed by atoms with Gasteiger partial charge in [0.25, 0.3) is 0 Å². The van der Waals surface area contributed by atoms with Gasteiger partial charge in [-0.15, -0.1) is 0 Å². The highest BCUT2D eigenvalue weighted by molar-refractivity contribution is 5.80. The summed E-state index contributed by atoms with van der Waals surface area (Å²) in [6.45, 7) is 1.47. The van der Waals surface area contributed by atoms with Gasteiger partial charge in [-0.05, 0) is 31.1 Å². The lowest BCUT2D eigenvalue weighted by Crippen LogP contribution is -2.34. The summed E-state index contributed by atoms with van der Waals surface area (Å²) in [4.78, 5) is 23.2. The van der Waals surface area contributed by atoms with E-state index in [1.165, 1.54) is 6.42 Å². The van der Waals surface area contributed by atoms with Crippen molar-refractivity contribution in [1.29, 1.82) is 0 Å². The minimum absolute atomic E-state index is 0.0402. The average Bonchev–Trinajstić information content (AvgIpc) is 2.96. The molecule has 0 aromatic rings. The fourth-order valence-electron chi connectivity index (χ4n) is 2.75. The Hall–Kier alpha value is -1.10. The normalized spacial score (nSPS) is 28.6. The number of carbonyl (C=O) groups excluding carboxylic acids is 2. The van der Waals surface area contributed by atoms with E-state index in [2.05, 4.69) is 10.6 Å². The lowest BCUT2D eigenvalue weighted by atomic mass is 10.0. The van der Waals surface area contributed by atoms with Gasteiger partial charge in [0.15, 0.2) is 0 Å². The number of fused-ring (bicyclic) bond motifs is 1. The Morgan fingerprint density at radius 2 is 1.83 bits per heavy atom. The lowest BCUT2D eigenvalue weighted by molar-refractivity contribution is -0.125. The van der Waals surface area contributed by atoms with Crippen LogP contribution in [0.25, 0.3) is 0 Å². The number of methoxy groups -OCH3 is 1. The zero-order valence-corrected chi connectivity index (χ0v) is 10.9. The van der Waals surface area contributed by atoms with Gasteiger partial charge in [0, 0.05) is 32.5 Å². The zero-order chi connectivity index (χ0) is 13.0. The largest absolute Gasteiger partial charge is 0.383 e. The van der Waals surface area contributed by atoms with Crippen molar-refractivity contribution in [3.8, 4) is 0 Å². The number of amides is 2. The van der Waals surface area contributed by atoms with Crippen molar-refractivity contribution in [3.63, 3.8) is 0 Å². The second kappa shape index (κ2) is 6.18. The van der Waals surface area contributed by atoms with Crippen LogP contribution >= 0.6 is 0 Å². The Morgan fingerprint density at radius 3 is 2.50 bits per heavy atom.